The van der Waals surface area contributed by atoms with Crippen LogP contribution >= 0.6 is 11.8 Å². The van der Waals surface area contributed by atoms with E-state index in [-0.39, 0.29) is 24.1 Å². The minimum absolute atomic E-state index is 0.215. The molecule has 0 aromatic heterocycles. The molecule has 1 aliphatic rings. The van der Waals surface area contributed by atoms with Crippen LogP contribution in [0.4, 0.5) is 8.78 Å². The van der Waals surface area contributed by atoms with E-state index in [4.69, 9.17) is 10.5 Å². The van der Waals surface area contributed by atoms with Gasteiger partial charge in [-0.15, -0.1) is 11.8 Å². The average molecular weight is 307 g/mol. The van der Waals surface area contributed by atoms with Crippen molar-refractivity contribution < 1.29 is 13.5 Å². The lowest BCUT2D eigenvalue weighted by Crippen LogP contribution is -2.43. The molecule has 2 aromatic rings. The van der Waals surface area contributed by atoms with Gasteiger partial charge in [0, 0.05) is 16.7 Å². The summed E-state index contributed by atoms with van der Waals surface area (Å²) in [7, 11) is 0. The zero-order chi connectivity index (χ0) is 14.8. The Hall–Kier alpha value is -1.59. The summed E-state index contributed by atoms with van der Waals surface area (Å²) in [6.45, 7) is 0. The van der Waals surface area contributed by atoms with Crippen molar-refractivity contribution in [1.82, 2.24) is 0 Å². The molecular weight excluding hydrogens is 292 g/mol. The second-order valence-corrected chi connectivity index (χ2v) is 6.08. The van der Waals surface area contributed by atoms with Crippen LogP contribution in [0.5, 0.6) is 5.75 Å². The van der Waals surface area contributed by atoms with Crippen molar-refractivity contribution in [3.05, 3.63) is 59.7 Å². The molecule has 0 radical (unpaired) electrons. The number of hydrogen-bond acceptors (Lipinski definition) is 3. The Labute approximate surface area is 126 Å². The maximum Gasteiger partial charge on any atom is 0.133 e. The number of halogens is 2. The second kappa shape index (κ2) is 6.03. The van der Waals surface area contributed by atoms with E-state index in [0.29, 0.717) is 5.75 Å². The number of thioether (sulfide) groups is 1. The summed E-state index contributed by atoms with van der Waals surface area (Å²) in [5.41, 5.74) is 6.42. The van der Waals surface area contributed by atoms with E-state index >= 15 is 0 Å². The SMILES string of the molecule is NC(Cc1cc(F)ccc1F)C1CSc2ccccc2O1. The van der Waals surface area contributed by atoms with Gasteiger partial charge in [-0.3, -0.25) is 0 Å². The molecule has 0 aliphatic carbocycles. The van der Waals surface area contributed by atoms with Crippen molar-refractivity contribution in [3.63, 3.8) is 0 Å². The van der Waals surface area contributed by atoms with E-state index in [1.165, 1.54) is 6.07 Å². The first-order chi connectivity index (χ1) is 10.1. The number of hydrogen-bond donors (Lipinski definition) is 1. The van der Waals surface area contributed by atoms with Crippen LogP contribution in [0.25, 0.3) is 0 Å². The van der Waals surface area contributed by atoms with Crippen molar-refractivity contribution in [2.45, 2.75) is 23.5 Å². The summed E-state index contributed by atoms with van der Waals surface area (Å²) >= 11 is 1.67. The first kappa shape index (κ1) is 14.4. The first-order valence-electron chi connectivity index (χ1n) is 6.71. The monoisotopic (exact) mass is 307 g/mol. The van der Waals surface area contributed by atoms with Crippen LogP contribution < -0.4 is 10.5 Å². The summed E-state index contributed by atoms with van der Waals surface area (Å²) in [5.74, 6) is 0.613. The van der Waals surface area contributed by atoms with E-state index < -0.39 is 11.6 Å². The van der Waals surface area contributed by atoms with Gasteiger partial charge in [0.25, 0.3) is 0 Å². The highest BCUT2D eigenvalue weighted by Crippen LogP contribution is 2.35. The average Bonchev–Trinajstić information content (AvgIpc) is 2.50. The quantitative estimate of drug-likeness (QED) is 0.944. The Bertz CT molecular complexity index is 650. The summed E-state index contributed by atoms with van der Waals surface area (Å²) < 4.78 is 32.7. The number of fused-ring (bicyclic) bond motifs is 1. The largest absolute Gasteiger partial charge is 0.487 e. The Kier molecular flexibility index (Phi) is 4.12. The summed E-state index contributed by atoms with van der Waals surface area (Å²) in [5, 5.41) is 0. The molecule has 5 heteroatoms. The highest BCUT2D eigenvalue weighted by atomic mass is 32.2. The van der Waals surface area contributed by atoms with Gasteiger partial charge in [-0.1, -0.05) is 12.1 Å². The predicted molar refractivity (Wildman–Crippen MR) is 79.6 cm³/mol. The van der Waals surface area contributed by atoms with Crippen molar-refractivity contribution in [2.24, 2.45) is 5.73 Å². The standard InChI is InChI=1S/C16H15F2NOS/c17-11-5-6-12(18)10(7-11)8-13(19)15-9-21-16-4-2-1-3-14(16)20-15/h1-7,13,15H,8-9,19H2. The molecule has 2 aromatic carbocycles. The maximum absolute atomic E-state index is 13.7. The molecule has 1 heterocycles. The van der Waals surface area contributed by atoms with Gasteiger partial charge in [0.05, 0.1) is 0 Å². The summed E-state index contributed by atoms with van der Waals surface area (Å²) in [4.78, 5) is 1.08. The topological polar surface area (TPSA) is 35.2 Å². The van der Waals surface area contributed by atoms with Gasteiger partial charge in [0.2, 0.25) is 0 Å². The molecule has 21 heavy (non-hydrogen) atoms. The van der Waals surface area contributed by atoms with E-state index in [1.54, 1.807) is 11.8 Å². The van der Waals surface area contributed by atoms with Crippen molar-refractivity contribution in [1.29, 1.82) is 0 Å². The summed E-state index contributed by atoms with van der Waals surface area (Å²) in [6, 6.07) is 10.8. The second-order valence-electron chi connectivity index (χ2n) is 5.02. The zero-order valence-electron chi connectivity index (χ0n) is 11.3. The molecular formula is C16H15F2NOS. The predicted octanol–water partition coefficient (Wildman–Crippen LogP) is 3.39. The number of benzene rings is 2. The third-order valence-corrected chi connectivity index (χ3v) is 4.61. The lowest BCUT2D eigenvalue weighted by Gasteiger charge is -2.29. The van der Waals surface area contributed by atoms with Crippen molar-refractivity contribution in [3.8, 4) is 5.75 Å². The first-order valence-corrected chi connectivity index (χ1v) is 7.70. The van der Waals surface area contributed by atoms with Gasteiger partial charge >= 0.3 is 0 Å². The fraction of sp³-hybridized carbons (Fsp3) is 0.250. The third kappa shape index (κ3) is 3.19. The molecule has 2 atom stereocenters. The maximum atomic E-state index is 13.7. The Morgan fingerprint density at radius 3 is 2.90 bits per heavy atom. The van der Waals surface area contributed by atoms with Gasteiger partial charge in [-0.05, 0) is 42.3 Å². The van der Waals surface area contributed by atoms with Gasteiger partial charge in [-0.25, -0.2) is 8.78 Å². The van der Waals surface area contributed by atoms with Crippen LogP contribution in [0.15, 0.2) is 47.4 Å². The zero-order valence-corrected chi connectivity index (χ0v) is 12.1. The fourth-order valence-corrected chi connectivity index (χ4v) is 3.42. The molecule has 0 amide bonds. The summed E-state index contributed by atoms with van der Waals surface area (Å²) in [6.07, 6.45) is 0.0318. The molecule has 0 spiro atoms. The van der Waals surface area contributed by atoms with Crippen LogP contribution in [0.2, 0.25) is 0 Å². The Morgan fingerprint density at radius 1 is 1.24 bits per heavy atom. The smallest absolute Gasteiger partial charge is 0.133 e. The Morgan fingerprint density at radius 2 is 2.05 bits per heavy atom. The van der Waals surface area contributed by atoms with Gasteiger partial charge in [0.15, 0.2) is 0 Å². The number of nitrogens with two attached hydrogens (primary N) is 1. The fourth-order valence-electron chi connectivity index (χ4n) is 2.33. The molecule has 110 valence electrons. The number of rotatable bonds is 3. The molecule has 1 aliphatic heterocycles. The molecule has 2 unspecified atom stereocenters. The van der Waals surface area contributed by atoms with Crippen molar-refractivity contribution >= 4 is 11.8 Å². The van der Waals surface area contributed by atoms with Crippen LogP contribution in [-0.4, -0.2) is 17.9 Å². The van der Waals surface area contributed by atoms with Gasteiger partial charge in [0.1, 0.15) is 23.5 Å². The third-order valence-electron chi connectivity index (χ3n) is 3.47. The van der Waals surface area contributed by atoms with Gasteiger partial charge in [-0.2, -0.15) is 0 Å². The lowest BCUT2D eigenvalue weighted by molar-refractivity contribution is 0.183. The minimum Gasteiger partial charge on any atom is -0.487 e. The Balaban J connectivity index is 1.72. The van der Waals surface area contributed by atoms with E-state index in [1.807, 2.05) is 24.3 Å². The van der Waals surface area contributed by atoms with E-state index in [2.05, 4.69) is 0 Å². The van der Waals surface area contributed by atoms with Crippen LogP contribution in [-0.2, 0) is 6.42 Å². The lowest BCUT2D eigenvalue weighted by atomic mass is 10.0. The molecule has 0 bridgehead atoms. The van der Waals surface area contributed by atoms with Crippen LogP contribution in [0, 0.1) is 11.6 Å². The van der Waals surface area contributed by atoms with Crippen molar-refractivity contribution in [2.75, 3.05) is 5.75 Å². The minimum atomic E-state index is -0.456. The van der Waals surface area contributed by atoms with Gasteiger partial charge < -0.3 is 10.5 Å². The van der Waals surface area contributed by atoms with E-state index in [0.717, 1.165) is 22.8 Å². The molecule has 2 nitrogen and oxygen atoms in total. The van der Waals surface area contributed by atoms with Crippen LogP contribution in [0.1, 0.15) is 5.56 Å². The highest BCUT2D eigenvalue weighted by molar-refractivity contribution is 7.99. The molecule has 3 rings (SSSR count). The number of para-hydroxylation sites is 1. The van der Waals surface area contributed by atoms with Crippen LogP contribution in [0.3, 0.4) is 0 Å². The molecule has 0 saturated heterocycles. The highest BCUT2D eigenvalue weighted by Gasteiger charge is 2.26. The molecule has 0 fully saturated rings. The van der Waals surface area contributed by atoms with E-state index in [9.17, 15) is 8.78 Å². The molecule has 0 saturated carbocycles. The number of ether oxygens (including phenoxy) is 1. The molecule has 2 N–H and O–H groups in total. The normalized spacial score (nSPS) is 18.7.